The SMILES string of the molecule is CC/C=C\C(=NC)NC(=O)c1ccc(B2OC(C)(C)C(C)(C)O2)cc1. The Labute approximate surface area is 150 Å². The first-order chi connectivity index (χ1) is 11.7. The maximum Gasteiger partial charge on any atom is 0.494 e. The summed E-state index contributed by atoms with van der Waals surface area (Å²) in [4.78, 5) is 16.4. The minimum Gasteiger partial charge on any atom is -0.399 e. The van der Waals surface area contributed by atoms with Crippen molar-refractivity contribution in [3.8, 4) is 0 Å². The van der Waals surface area contributed by atoms with Gasteiger partial charge in [0.2, 0.25) is 0 Å². The van der Waals surface area contributed by atoms with Gasteiger partial charge in [-0.3, -0.25) is 9.79 Å². The molecule has 1 aromatic rings. The molecule has 1 N–H and O–H groups in total. The Morgan fingerprint density at radius 1 is 1.16 bits per heavy atom. The molecule has 1 saturated heterocycles. The standard InChI is InChI=1S/C19H27BN2O3/c1-7-8-9-16(21-6)22-17(23)14-10-12-15(13-11-14)20-24-18(2,3)19(4,5)25-20/h8-13H,7H2,1-6H3,(H,21,22,23)/b9-8-. The van der Waals surface area contributed by atoms with Crippen molar-refractivity contribution in [2.75, 3.05) is 7.05 Å². The molecule has 1 amide bonds. The quantitative estimate of drug-likeness (QED) is 0.520. The largest absolute Gasteiger partial charge is 0.494 e. The number of amides is 1. The fraction of sp³-hybridized carbons (Fsp3) is 0.474. The molecule has 1 aliphatic heterocycles. The molecule has 2 rings (SSSR count). The number of amidine groups is 1. The van der Waals surface area contributed by atoms with E-state index in [4.69, 9.17) is 9.31 Å². The topological polar surface area (TPSA) is 59.9 Å². The van der Waals surface area contributed by atoms with Gasteiger partial charge in [0.15, 0.2) is 0 Å². The van der Waals surface area contributed by atoms with Crippen molar-refractivity contribution in [2.24, 2.45) is 4.99 Å². The number of aliphatic imine (C=N–C) groups is 1. The molecular weight excluding hydrogens is 315 g/mol. The van der Waals surface area contributed by atoms with E-state index in [9.17, 15) is 4.79 Å². The Morgan fingerprint density at radius 3 is 2.20 bits per heavy atom. The molecule has 0 saturated carbocycles. The molecule has 25 heavy (non-hydrogen) atoms. The van der Waals surface area contributed by atoms with Gasteiger partial charge in [0.25, 0.3) is 5.91 Å². The average molecular weight is 342 g/mol. The van der Waals surface area contributed by atoms with Crippen molar-refractivity contribution in [3.05, 3.63) is 42.0 Å². The first-order valence-electron chi connectivity index (χ1n) is 8.60. The van der Waals surface area contributed by atoms with Gasteiger partial charge in [-0.15, -0.1) is 0 Å². The molecule has 0 aromatic heterocycles. The van der Waals surface area contributed by atoms with Crippen LogP contribution in [0.15, 0.2) is 41.4 Å². The first-order valence-corrected chi connectivity index (χ1v) is 8.60. The summed E-state index contributed by atoms with van der Waals surface area (Å²) in [5.74, 6) is 0.351. The Morgan fingerprint density at radius 2 is 1.72 bits per heavy atom. The van der Waals surface area contributed by atoms with Crippen LogP contribution in [0.3, 0.4) is 0 Å². The van der Waals surface area contributed by atoms with Crippen molar-refractivity contribution in [2.45, 2.75) is 52.2 Å². The maximum atomic E-state index is 12.3. The second-order valence-corrected chi connectivity index (χ2v) is 7.08. The molecule has 0 atom stereocenters. The number of carbonyl (C=O) groups excluding carboxylic acids is 1. The van der Waals surface area contributed by atoms with E-state index in [0.717, 1.165) is 11.9 Å². The smallest absolute Gasteiger partial charge is 0.399 e. The number of hydrogen-bond donors (Lipinski definition) is 1. The van der Waals surface area contributed by atoms with Crippen LogP contribution in [0.2, 0.25) is 0 Å². The van der Waals surface area contributed by atoms with Crippen molar-refractivity contribution in [1.29, 1.82) is 0 Å². The number of rotatable bonds is 4. The van der Waals surface area contributed by atoms with E-state index in [-0.39, 0.29) is 17.1 Å². The third kappa shape index (κ3) is 4.38. The Balaban J connectivity index is 2.08. The van der Waals surface area contributed by atoms with Gasteiger partial charge in [0.1, 0.15) is 5.84 Å². The van der Waals surface area contributed by atoms with Crippen LogP contribution in [0.1, 0.15) is 51.4 Å². The van der Waals surface area contributed by atoms with Crippen LogP contribution >= 0.6 is 0 Å². The Bertz CT molecular complexity index is 662. The lowest BCUT2D eigenvalue weighted by Gasteiger charge is -2.32. The van der Waals surface area contributed by atoms with Gasteiger partial charge < -0.3 is 14.6 Å². The molecule has 0 bridgehead atoms. The van der Waals surface area contributed by atoms with Crippen LogP contribution in [-0.2, 0) is 9.31 Å². The zero-order chi connectivity index (χ0) is 18.7. The second kappa shape index (κ2) is 7.54. The monoisotopic (exact) mass is 342 g/mol. The van der Waals surface area contributed by atoms with Crippen molar-refractivity contribution >= 4 is 24.3 Å². The summed E-state index contributed by atoms with van der Waals surface area (Å²) in [6.45, 7) is 10.1. The van der Waals surface area contributed by atoms with Crippen LogP contribution < -0.4 is 10.8 Å². The molecule has 0 spiro atoms. The highest BCUT2D eigenvalue weighted by Crippen LogP contribution is 2.36. The van der Waals surface area contributed by atoms with Gasteiger partial charge in [0, 0.05) is 12.6 Å². The molecule has 5 nitrogen and oxygen atoms in total. The number of carbonyl (C=O) groups is 1. The highest BCUT2D eigenvalue weighted by Gasteiger charge is 2.51. The van der Waals surface area contributed by atoms with Gasteiger partial charge in [0.05, 0.1) is 11.2 Å². The number of benzene rings is 1. The van der Waals surface area contributed by atoms with Gasteiger partial charge in [-0.05, 0) is 57.8 Å². The summed E-state index contributed by atoms with van der Waals surface area (Å²) >= 11 is 0. The summed E-state index contributed by atoms with van der Waals surface area (Å²) in [5, 5.41) is 2.79. The van der Waals surface area contributed by atoms with Crippen LogP contribution in [0.4, 0.5) is 0 Å². The van der Waals surface area contributed by atoms with Crippen LogP contribution in [0.25, 0.3) is 0 Å². The maximum absolute atomic E-state index is 12.3. The fourth-order valence-electron chi connectivity index (χ4n) is 2.36. The van der Waals surface area contributed by atoms with Crippen LogP contribution in [0, 0.1) is 0 Å². The van der Waals surface area contributed by atoms with Gasteiger partial charge in [-0.1, -0.05) is 25.1 Å². The van der Waals surface area contributed by atoms with Gasteiger partial charge >= 0.3 is 7.12 Å². The summed E-state index contributed by atoms with van der Waals surface area (Å²) in [6.07, 6.45) is 4.64. The van der Waals surface area contributed by atoms with E-state index >= 15 is 0 Å². The minimum absolute atomic E-state index is 0.193. The molecule has 1 heterocycles. The van der Waals surface area contributed by atoms with E-state index in [1.807, 2.05) is 52.8 Å². The van der Waals surface area contributed by atoms with E-state index in [1.54, 1.807) is 25.3 Å². The van der Waals surface area contributed by atoms with E-state index in [1.165, 1.54) is 0 Å². The molecule has 1 aliphatic rings. The Hall–Kier alpha value is -1.92. The van der Waals surface area contributed by atoms with E-state index < -0.39 is 7.12 Å². The van der Waals surface area contributed by atoms with Crippen LogP contribution in [0.5, 0.6) is 0 Å². The molecule has 6 heteroatoms. The van der Waals surface area contributed by atoms with Crippen molar-refractivity contribution in [1.82, 2.24) is 5.32 Å². The van der Waals surface area contributed by atoms with E-state index in [0.29, 0.717) is 11.4 Å². The summed E-state index contributed by atoms with van der Waals surface area (Å²) in [7, 11) is 1.22. The molecule has 1 fully saturated rings. The number of nitrogens with zero attached hydrogens (tertiary/aromatic N) is 1. The van der Waals surface area contributed by atoms with Gasteiger partial charge in [-0.25, -0.2) is 0 Å². The predicted octanol–water partition coefficient (Wildman–Crippen LogP) is 2.71. The molecule has 1 aromatic carbocycles. The first kappa shape index (κ1) is 19.4. The average Bonchev–Trinajstić information content (AvgIpc) is 2.79. The summed E-state index contributed by atoms with van der Waals surface area (Å²) < 4.78 is 12.1. The summed E-state index contributed by atoms with van der Waals surface area (Å²) in [5.41, 5.74) is 0.689. The lowest BCUT2D eigenvalue weighted by Crippen LogP contribution is -2.41. The molecule has 134 valence electrons. The molecule has 0 radical (unpaired) electrons. The third-order valence-corrected chi connectivity index (χ3v) is 4.69. The van der Waals surface area contributed by atoms with E-state index in [2.05, 4.69) is 10.3 Å². The zero-order valence-corrected chi connectivity index (χ0v) is 15.9. The lowest BCUT2D eigenvalue weighted by atomic mass is 9.79. The number of allylic oxidation sites excluding steroid dienone is 1. The molecule has 0 aliphatic carbocycles. The van der Waals surface area contributed by atoms with Crippen LogP contribution in [-0.4, -0.2) is 37.1 Å². The fourth-order valence-corrected chi connectivity index (χ4v) is 2.36. The third-order valence-electron chi connectivity index (χ3n) is 4.69. The number of nitrogens with one attached hydrogen (secondary N) is 1. The highest BCUT2D eigenvalue weighted by atomic mass is 16.7. The second-order valence-electron chi connectivity index (χ2n) is 7.08. The van der Waals surface area contributed by atoms with Crippen molar-refractivity contribution in [3.63, 3.8) is 0 Å². The lowest BCUT2D eigenvalue weighted by molar-refractivity contribution is 0.00578. The van der Waals surface area contributed by atoms with Gasteiger partial charge in [-0.2, -0.15) is 0 Å². The predicted molar refractivity (Wildman–Crippen MR) is 102 cm³/mol. The Kier molecular flexibility index (Phi) is 5.85. The number of hydrogen-bond acceptors (Lipinski definition) is 4. The normalized spacial score (nSPS) is 19.4. The molecular formula is C19H27BN2O3. The summed E-state index contributed by atoms with van der Waals surface area (Å²) in [6, 6.07) is 7.27. The highest BCUT2D eigenvalue weighted by molar-refractivity contribution is 6.62. The van der Waals surface area contributed by atoms with Crippen molar-refractivity contribution < 1.29 is 14.1 Å². The molecule has 0 unspecified atom stereocenters. The minimum atomic E-state index is -0.428. The zero-order valence-electron chi connectivity index (χ0n) is 15.9.